The van der Waals surface area contributed by atoms with Crippen molar-refractivity contribution < 1.29 is 79.0 Å². The number of aryl methyl sites for hydroxylation is 3. The number of fused-ring (bicyclic) bond motifs is 3. The van der Waals surface area contributed by atoms with Crippen molar-refractivity contribution in [2.24, 2.45) is 0 Å². The minimum Gasteiger partial charge on any atom is -0.493 e. The number of halogens is 1. The fraction of sp³-hybridized carbons (Fsp3) is 0.211. The Kier molecular flexibility index (Phi) is 14.4. The summed E-state index contributed by atoms with van der Waals surface area (Å²) in [4.78, 5) is 0. The molecule has 0 atom stereocenters. The number of hydrogen-bond donors (Lipinski definition) is 0. The second-order valence-corrected chi connectivity index (χ2v) is 11.2. The molecule has 1 aromatic carbocycles. The molecule has 8 nitrogen and oxygen atoms in total. The monoisotopic (exact) mass is 806 g/mol. The van der Waals surface area contributed by atoms with Gasteiger partial charge in [0.25, 0.3) is 0 Å². The second-order valence-electron chi connectivity index (χ2n) is 11.2. The maximum Gasteiger partial charge on any atom is 0.150 e. The first-order chi connectivity index (χ1) is 23.1. The van der Waals surface area contributed by atoms with E-state index < -0.39 is 0 Å². The number of benzene rings is 1. The summed E-state index contributed by atoms with van der Waals surface area (Å²) in [6, 6.07) is 15.4. The van der Waals surface area contributed by atoms with Crippen LogP contribution in [0.1, 0.15) is 52.2 Å². The smallest absolute Gasteiger partial charge is 0.150 e. The van der Waals surface area contributed by atoms with Gasteiger partial charge in [0.2, 0.25) is 0 Å². The van der Waals surface area contributed by atoms with Gasteiger partial charge in [-0.3, -0.25) is 8.80 Å². The Morgan fingerprint density at radius 2 is 1.37 bits per heavy atom. The summed E-state index contributed by atoms with van der Waals surface area (Å²) in [6.45, 7) is 16.2. The minimum absolute atomic E-state index is 0. The number of rotatable bonds is 10. The van der Waals surface area contributed by atoms with E-state index in [1.807, 2.05) is 39.1 Å². The van der Waals surface area contributed by atoms with Crippen LogP contribution in [0.5, 0.6) is 5.75 Å². The molecule has 2 radical (unpaired) electrons. The number of nitrogens with zero attached hydrogens (tertiary/aromatic N) is 6. The van der Waals surface area contributed by atoms with Crippen LogP contribution in [0.15, 0.2) is 84.0 Å². The van der Waals surface area contributed by atoms with E-state index in [-0.39, 0.29) is 71.2 Å². The molecular weight excluding hydrogens is 769 g/mol. The normalized spacial score (nSPS) is 12.6. The molecule has 0 aliphatic carbocycles. The van der Waals surface area contributed by atoms with Crippen molar-refractivity contribution in [1.82, 2.24) is 29.2 Å². The van der Waals surface area contributed by atoms with E-state index in [1.54, 1.807) is 31.1 Å². The van der Waals surface area contributed by atoms with Crippen molar-refractivity contribution >= 4 is 22.4 Å². The molecule has 1 aliphatic rings. The molecule has 0 spiro atoms. The van der Waals surface area contributed by atoms with Gasteiger partial charge in [0.05, 0.1) is 12.9 Å². The standard InChI is InChI=1S/C21H20FN3O.C17H17N3O.2Y/c1-3-14(4-2)16-7-5-15(25-13-23-24-21(16)25)6-8-17-18-11-12-26-20(18)10-9-19(17)22;1-3-13(4-2)16-10-8-14(20-12-18-19-17(16)20)7-9-15-6-5-11-21-15;;/h3,5,7,9-10,13H,1-2,4,6,8,11-12H2;3,5-6,8,10-12H,1-2,4,7,9H2;;/q2*-2;;. The van der Waals surface area contributed by atoms with Gasteiger partial charge >= 0.3 is 0 Å². The molecule has 7 rings (SSSR count). The van der Waals surface area contributed by atoms with E-state index in [0.717, 1.165) is 86.9 Å². The number of furan rings is 1. The fourth-order valence-corrected chi connectivity index (χ4v) is 6.07. The van der Waals surface area contributed by atoms with E-state index in [4.69, 9.17) is 9.15 Å². The van der Waals surface area contributed by atoms with E-state index in [1.165, 1.54) is 6.07 Å². The summed E-state index contributed by atoms with van der Waals surface area (Å²) in [5.74, 6) is 1.63. The van der Waals surface area contributed by atoms with E-state index in [0.29, 0.717) is 32.3 Å². The van der Waals surface area contributed by atoms with Gasteiger partial charge in [-0.25, -0.2) is 54.4 Å². The third-order valence-corrected chi connectivity index (χ3v) is 8.58. The van der Waals surface area contributed by atoms with Gasteiger partial charge in [0, 0.05) is 95.2 Å². The molecule has 0 bridgehead atoms. The van der Waals surface area contributed by atoms with Gasteiger partial charge in [0.15, 0.2) is 0 Å². The van der Waals surface area contributed by atoms with Crippen LogP contribution in [0.2, 0.25) is 0 Å². The maximum absolute atomic E-state index is 14.4. The Morgan fingerprint density at radius 3 is 1.90 bits per heavy atom. The SMILES string of the molecule is [CH2-]C=C(C[CH2-])c1ccc(CCc2c(F)ccc3c2CCO3)n2cnnc12.[CH2-]C=C(C[CH2-])c1ccc(CCc2ccco2)n2cnnc12.[Y].[Y]. The molecule has 0 amide bonds. The van der Waals surface area contributed by atoms with Gasteiger partial charge in [-0.2, -0.15) is 0 Å². The molecule has 6 heterocycles. The predicted octanol–water partition coefficient (Wildman–Crippen LogP) is 7.57. The molecule has 0 fully saturated rings. The topological polar surface area (TPSA) is 82.8 Å². The minimum atomic E-state index is -0.162. The number of hydrogen-bond acceptors (Lipinski definition) is 6. The largest absolute Gasteiger partial charge is 0.493 e. The van der Waals surface area contributed by atoms with Crippen molar-refractivity contribution in [2.45, 2.75) is 44.9 Å². The Labute approximate surface area is 337 Å². The van der Waals surface area contributed by atoms with Gasteiger partial charge in [-0.1, -0.05) is 23.3 Å². The molecule has 248 valence electrons. The Morgan fingerprint density at radius 1 is 0.776 bits per heavy atom. The van der Waals surface area contributed by atoms with Gasteiger partial charge < -0.3 is 23.0 Å². The summed E-state index contributed by atoms with van der Waals surface area (Å²) < 4.78 is 29.3. The zero-order valence-electron chi connectivity index (χ0n) is 27.5. The zero-order valence-corrected chi connectivity index (χ0v) is 33.2. The van der Waals surface area contributed by atoms with E-state index in [9.17, 15) is 4.39 Å². The number of ether oxygens (including phenoxy) is 1. The first-order valence-corrected chi connectivity index (χ1v) is 15.7. The third kappa shape index (κ3) is 8.45. The summed E-state index contributed by atoms with van der Waals surface area (Å²) in [5, 5.41) is 16.6. The van der Waals surface area contributed by atoms with Crippen LogP contribution in [0.3, 0.4) is 0 Å². The molecule has 11 heteroatoms. The van der Waals surface area contributed by atoms with Crippen LogP contribution in [0.25, 0.3) is 22.4 Å². The molecule has 6 aromatic rings. The average molecular weight is 807 g/mol. The number of allylic oxidation sites excluding steroid dienone is 4. The summed E-state index contributed by atoms with van der Waals surface area (Å²) in [7, 11) is 0. The first-order valence-electron chi connectivity index (χ1n) is 15.7. The second kappa shape index (κ2) is 18.2. The zero-order chi connectivity index (χ0) is 32.8. The predicted molar refractivity (Wildman–Crippen MR) is 182 cm³/mol. The van der Waals surface area contributed by atoms with Gasteiger partial charge in [-0.05, 0) is 61.2 Å². The summed E-state index contributed by atoms with van der Waals surface area (Å²) in [5.41, 5.74) is 9.70. The van der Waals surface area contributed by atoms with E-state index in [2.05, 4.69) is 60.2 Å². The van der Waals surface area contributed by atoms with Crippen molar-refractivity contribution in [3.63, 3.8) is 0 Å². The Balaban J connectivity index is 0.000000217. The molecule has 0 saturated carbocycles. The van der Waals surface area contributed by atoms with Gasteiger partial charge in [-0.15, -0.1) is 20.4 Å². The number of pyridine rings is 2. The van der Waals surface area contributed by atoms with Crippen molar-refractivity contribution in [1.29, 1.82) is 0 Å². The molecule has 49 heavy (non-hydrogen) atoms. The van der Waals surface area contributed by atoms with Crippen molar-refractivity contribution in [3.8, 4) is 5.75 Å². The summed E-state index contributed by atoms with van der Waals surface area (Å²) in [6.07, 6.45) is 13.9. The molecule has 0 unspecified atom stereocenters. The maximum atomic E-state index is 14.4. The average Bonchev–Trinajstić information content (AvgIpc) is 3.93. The van der Waals surface area contributed by atoms with Crippen molar-refractivity contribution in [2.75, 3.05) is 6.61 Å². The quantitative estimate of drug-likeness (QED) is 0.133. The molecular formula is C38H37FN6O2Y2-4. The first kappa shape index (κ1) is 38.7. The molecule has 1 aliphatic heterocycles. The van der Waals surface area contributed by atoms with Gasteiger partial charge in [0.1, 0.15) is 41.3 Å². The van der Waals surface area contributed by atoms with Crippen LogP contribution in [-0.2, 0) is 97.5 Å². The van der Waals surface area contributed by atoms with Crippen LogP contribution in [0, 0.1) is 33.5 Å². The fourth-order valence-electron chi connectivity index (χ4n) is 6.07. The van der Waals surface area contributed by atoms with Crippen LogP contribution >= 0.6 is 0 Å². The van der Waals surface area contributed by atoms with Crippen LogP contribution in [-0.4, -0.2) is 35.8 Å². The Bertz CT molecular complexity index is 2050. The summed E-state index contributed by atoms with van der Waals surface area (Å²) >= 11 is 0. The molecule has 5 aromatic heterocycles. The third-order valence-electron chi connectivity index (χ3n) is 8.58. The molecule has 0 N–H and O–H groups in total. The van der Waals surface area contributed by atoms with Crippen LogP contribution < -0.4 is 4.74 Å². The van der Waals surface area contributed by atoms with Crippen molar-refractivity contribution in [3.05, 3.63) is 153 Å². The van der Waals surface area contributed by atoms with E-state index >= 15 is 0 Å². The Hall–Kier alpha value is -3.10. The number of aromatic nitrogens is 6. The van der Waals surface area contributed by atoms with Crippen LogP contribution in [0.4, 0.5) is 4.39 Å². The molecule has 0 saturated heterocycles.